The molecule has 0 saturated carbocycles. The minimum absolute atomic E-state index is 0.0747. The molecule has 0 atom stereocenters. The standard InChI is InChI=1S/C13H13N3O3/c1-8-3-4-11(9(14)5-8)19-12-7-15-6-10(16-12)13(17)18-2/h3-7H,14H2,1-2H3. The average molecular weight is 259 g/mol. The molecule has 0 bridgehead atoms. The van der Waals surface area contributed by atoms with E-state index in [0.717, 1.165) is 5.56 Å². The molecular weight excluding hydrogens is 246 g/mol. The second-order valence-corrected chi connectivity index (χ2v) is 3.88. The summed E-state index contributed by atoms with van der Waals surface area (Å²) in [4.78, 5) is 19.2. The number of rotatable bonds is 3. The predicted octanol–water partition coefficient (Wildman–Crippen LogP) is 1.95. The number of aromatic nitrogens is 2. The highest BCUT2D eigenvalue weighted by molar-refractivity contribution is 5.86. The monoisotopic (exact) mass is 259 g/mol. The number of esters is 1. The first-order valence-corrected chi connectivity index (χ1v) is 5.54. The maximum absolute atomic E-state index is 11.3. The Morgan fingerprint density at radius 2 is 2.11 bits per heavy atom. The van der Waals surface area contributed by atoms with Crippen LogP contribution in [-0.2, 0) is 4.74 Å². The molecule has 19 heavy (non-hydrogen) atoms. The van der Waals surface area contributed by atoms with Crippen LogP contribution >= 0.6 is 0 Å². The van der Waals surface area contributed by atoms with Gasteiger partial charge in [0.1, 0.15) is 0 Å². The molecule has 98 valence electrons. The molecule has 6 nitrogen and oxygen atoms in total. The fourth-order valence-corrected chi connectivity index (χ4v) is 1.47. The van der Waals surface area contributed by atoms with Crippen LogP contribution < -0.4 is 10.5 Å². The van der Waals surface area contributed by atoms with Gasteiger partial charge in [0, 0.05) is 0 Å². The number of hydrogen-bond donors (Lipinski definition) is 1. The number of nitrogen functional groups attached to an aromatic ring is 1. The molecule has 0 amide bonds. The molecule has 0 aliphatic rings. The van der Waals surface area contributed by atoms with Crippen molar-refractivity contribution in [1.29, 1.82) is 0 Å². The number of carbonyl (C=O) groups excluding carboxylic acids is 1. The zero-order valence-electron chi connectivity index (χ0n) is 10.6. The number of ether oxygens (including phenoxy) is 2. The van der Waals surface area contributed by atoms with Crippen LogP contribution in [0.5, 0.6) is 11.6 Å². The molecule has 0 aliphatic heterocycles. The van der Waals surface area contributed by atoms with Gasteiger partial charge in [-0.2, -0.15) is 0 Å². The van der Waals surface area contributed by atoms with E-state index in [4.69, 9.17) is 10.5 Å². The van der Waals surface area contributed by atoms with Crippen molar-refractivity contribution < 1.29 is 14.3 Å². The van der Waals surface area contributed by atoms with E-state index in [0.29, 0.717) is 11.4 Å². The summed E-state index contributed by atoms with van der Waals surface area (Å²) in [5, 5.41) is 0. The van der Waals surface area contributed by atoms with Gasteiger partial charge in [-0.25, -0.2) is 9.78 Å². The lowest BCUT2D eigenvalue weighted by Crippen LogP contribution is -2.05. The number of anilines is 1. The van der Waals surface area contributed by atoms with Gasteiger partial charge in [0.15, 0.2) is 11.4 Å². The van der Waals surface area contributed by atoms with Gasteiger partial charge in [-0.05, 0) is 24.6 Å². The number of nitrogens with zero attached hydrogens (tertiary/aromatic N) is 2. The number of methoxy groups -OCH3 is 1. The van der Waals surface area contributed by atoms with Crippen molar-refractivity contribution in [3.05, 3.63) is 41.9 Å². The van der Waals surface area contributed by atoms with E-state index >= 15 is 0 Å². The molecule has 2 N–H and O–H groups in total. The number of aryl methyl sites for hydroxylation is 1. The van der Waals surface area contributed by atoms with Crippen LogP contribution in [0.2, 0.25) is 0 Å². The van der Waals surface area contributed by atoms with Crippen molar-refractivity contribution in [2.45, 2.75) is 6.92 Å². The SMILES string of the molecule is COC(=O)c1cncc(Oc2ccc(C)cc2N)n1. The molecular formula is C13H13N3O3. The summed E-state index contributed by atoms with van der Waals surface area (Å²) in [5.74, 6) is 0.0650. The van der Waals surface area contributed by atoms with Gasteiger partial charge in [0.05, 0.1) is 25.2 Å². The van der Waals surface area contributed by atoms with E-state index in [1.54, 1.807) is 12.1 Å². The third kappa shape index (κ3) is 2.98. The Morgan fingerprint density at radius 1 is 1.32 bits per heavy atom. The molecule has 1 aromatic heterocycles. The molecule has 1 aromatic carbocycles. The summed E-state index contributed by atoms with van der Waals surface area (Å²) in [6.07, 6.45) is 2.70. The quantitative estimate of drug-likeness (QED) is 0.669. The Morgan fingerprint density at radius 3 is 2.79 bits per heavy atom. The highest BCUT2D eigenvalue weighted by Crippen LogP contribution is 2.26. The molecule has 6 heteroatoms. The molecule has 0 fully saturated rings. The summed E-state index contributed by atoms with van der Waals surface area (Å²) in [6.45, 7) is 1.93. The molecule has 0 aliphatic carbocycles. The van der Waals surface area contributed by atoms with Gasteiger partial charge >= 0.3 is 5.97 Å². The lowest BCUT2D eigenvalue weighted by Gasteiger charge is -2.08. The summed E-state index contributed by atoms with van der Waals surface area (Å²) in [7, 11) is 1.27. The molecule has 0 radical (unpaired) electrons. The van der Waals surface area contributed by atoms with Gasteiger partial charge in [-0.1, -0.05) is 6.07 Å². The first-order chi connectivity index (χ1) is 9.10. The molecule has 2 aromatic rings. The van der Waals surface area contributed by atoms with Crippen LogP contribution in [0.1, 0.15) is 16.1 Å². The van der Waals surface area contributed by atoms with E-state index < -0.39 is 5.97 Å². The van der Waals surface area contributed by atoms with Crippen LogP contribution in [0.25, 0.3) is 0 Å². The maximum Gasteiger partial charge on any atom is 0.358 e. The van der Waals surface area contributed by atoms with E-state index in [1.807, 2.05) is 13.0 Å². The normalized spacial score (nSPS) is 10.0. The van der Waals surface area contributed by atoms with Gasteiger partial charge < -0.3 is 15.2 Å². The first kappa shape index (κ1) is 12.8. The second-order valence-electron chi connectivity index (χ2n) is 3.88. The summed E-state index contributed by atoms with van der Waals surface area (Å²) < 4.78 is 10.1. The molecule has 0 spiro atoms. The molecule has 0 unspecified atom stereocenters. The van der Waals surface area contributed by atoms with E-state index in [2.05, 4.69) is 14.7 Å². The van der Waals surface area contributed by atoms with E-state index in [1.165, 1.54) is 19.5 Å². The Kier molecular flexibility index (Phi) is 3.61. The third-order valence-electron chi connectivity index (χ3n) is 2.39. The minimum Gasteiger partial charge on any atom is -0.464 e. The van der Waals surface area contributed by atoms with Gasteiger partial charge in [-0.15, -0.1) is 0 Å². The van der Waals surface area contributed by atoms with E-state index in [-0.39, 0.29) is 11.6 Å². The van der Waals surface area contributed by atoms with Crippen molar-refractivity contribution in [3.63, 3.8) is 0 Å². The first-order valence-electron chi connectivity index (χ1n) is 5.54. The Balaban J connectivity index is 2.26. The largest absolute Gasteiger partial charge is 0.464 e. The average Bonchev–Trinajstić information content (AvgIpc) is 2.41. The molecule has 2 rings (SSSR count). The zero-order chi connectivity index (χ0) is 13.8. The van der Waals surface area contributed by atoms with Crippen molar-refractivity contribution in [2.75, 3.05) is 12.8 Å². The van der Waals surface area contributed by atoms with Crippen molar-refractivity contribution in [3.8, 4) is 11.6 Å². The number of hydrogen-bond acceptors (Lipinski definition) is 6. The molecule has 0 saturated heterocycles. The summed E-state index contributed by atoms with van der Waals surface area (Å²) in [6, 6.07) is 5.38. The van der Waals surface area contributed by atoms with Crippen LogP contribution in [0.15, 0.2) is 30.6 Å². The van der Waals surface area contributed by atoms with Crippen molar-refractivity contribution in [2.24, 2.45) is 0 Å². The topological polar surface area (TPSA) is 87.3 Å². The van der Waals surface area contributed by atoms with Crippen molar-refractivity contribution >= 4 is 11.7 Å². The maximum atomic E-state index is 11.3. The zero-order valence-corrected chi connectivity index (χ0v) is 10.6. The van der Waals surface area contributed by atoms with Crippen LogP contribution in [0.4, 0.5) is 5.69 Å². The fraction of sp³-hybridized carbons (Fsp3) is 0.154. The summed E-state index contributed by atoms with van der Waals surface area (Å²) >= 11 is 0. The number of carbonyl (C=O) groups is 1. The number of benzene rings is 1. The lowest BCUT2D eigenvalue weighted by atomic mass is 10.2. The minimum atomic E-state index is -0.574. The highest BCUT2D eigenvalue weighted by atomic mass is 16.5. The summed E-state index contributed by atoms with van der Waals surface area (Å²) in [5.41, 5.74) is 7.42. The van der Waals surface area contributed by atoms with Gasteiger partial charge in [0.2, 0.25) is 5.88 Å². The molecule has 1 heterocycles. The fourth-order valence-electron chi connectivity index (χ4n) is 1.47. The van der Waals surface area contributed by atoms with Crippen LogP contribution in [0, 0.1) is 6.92 Å². The van der Waals surface area contributed by atoms with Crippen LogP contribution in [0.3, 0.4) is 0 Å². The van der Waals surface area contributed by atoms with E-state index in [9.17, 15) is 4.79 Å². The Labute approximate surface area is 110 Å². The predicted molar refractivity (Wildman–Crippen MR) is 69.0 cm³/mol. The Bertz CT molecular complexity index is 614. The smallest absolute Gasteiger partial charge is 0.358 e. The Hall–Kier alpha value is -2.63. The van der Waals surface area contributed by atoms with Gasteiger partial charge in [-0.3, -0.25) is 4.98 Å². The van der Waals surface area contributed by atoms with Crippen molar-refractivity contribution in [1.82, 2.24) is 9.97 Å². The van der Waals surface area contributed by atoms with Gasteiger partial charge in [0.25, 0.3) is 0 Å². The lowest BCUT2D eigenvalue weighted by molar-refractivity contribution is 0.0592. The van der Waals surface area contributed by atoms with Crippen LogP contribution in [-0.4, -0.2) is 23.0 Å². The second kappa shape index (κ2) is 5.34. The number of nitrogens with two attached hydrogens (primary N) is 1. The third-order valence-corrected chi connectivity index (χ3v) is 2.39. The highest BCUT2D eigenvalue weighted by Gasteiger charge is 2.10.